The molecule has 0 radical (unpaired) electrons. The van der Waals surface area contributed by atoms with E-state index < -0.39 is 0 Å². The van der Waals surface area contributed by atoms with Gasteiger partial charge in [-0.3, -0.25) is 4.79 Å². The monoisotopic (exact) mass is 228 g/mol. The summed E-state index contributed by atoms with van der Waals surface area (Å²) in [4.78, 5) is 18.4. The van der Waals surface area contributed by atoms with Crippen molar-refractivity contribution in [3.05, 3.63) is 52.6 Å². The molecular weight excluding hydrogens is 212 g/mol. The van der Waals surface area contributed by atoms with Gasteiger partial charge in [-0.1, -0.05) is 32.0 Å². The predicted molar refractivity (Wildman–Crippen MR) is 68.8 cm³/mol. The third-order valence-electron chi connectivity index (χ3n) is 2.55. The lowest BCUT2D eigenvalue weighted by molar-refractivity contribution is 0.647. The number of aromatic nitrogens is 2. The van der Waals surface area contributed by atoms with Gasteiger partial charge in [-0.05, 0) is 24.0 Å². The lowest BCUT2D eigenvalue weighted by Crippen LogP contribution is -2.09. The minimum atomic E-state index is -0.144. The molecule has 0 unspecified atom stereocenters. The van der Waals surface area contributed by atoms with Crippen molar-refractivity contribution >= 4 is 0 Å². The van der Waals surface area contributed by atoms with Crippen molar-refractivity contribution < 1.29 is 0 Å². The van der Waals surface area contributed by atoms with Crippen molar-refractivity contribution in [2.24, 2.45) is 5.92 Å². The van der Waals surface area contributed by atoms with Crippen molar-refractivity contribution in [2.45, 2.75) is 20.3 Å². The Balaban J connectivity index is 2.40. The van der Waals surface area contributed by atoms with Crippen LogP contribution in [0.5, 0.6) is 0 Å². The molecule has 0 aliphatic rings. The summed E-state index contributed by atoms with van der Waals surface area (Å²) in [5, 5.41) is 0. The standard InChI is InChI=1S/C14H16N2O/c1-10(2)8-11-4-3-5-12(9-11)13-14(17)16-7-6-15-13/h3-7,9-10H,8H2,1-2H3,(H,16,17). The maximum absolute atomic E-state index is 11.6. The van der Waals surface area contributed by atoms with Crippen LogP contribution in [0.3, 0.4) is 0 Å². The van der Waals surface area contributed by atoms with Gasteiger partial charge in [0.1, 0.15) is 5.69 Å². The maximum Gasteiger partial charge on any atom is 0.274 e. The zero-order valence-electron chi connectivity index (χ0n) is 10.1. The van der Waals surface area contributed by atoms with Gasteiger partial charge >= 0.3 is 0 Å². The Kier molecular flexibility index (Phi) is 3.38. The molecule has 2 rings (SSSR count). The van der Waals surface area contributed by atoms with Crippen molar-refractivity contribution in [1.29, 1.82) is 0 Å². The molecule has 0 aliphatic heterocycles. The normalized spacial score (nSPS) is 10.8. The van der Waals surface area contributed by atoms with Crippen LogP contribution >= 0.6 is 0 Å². The lowest BCUT2D eigenvalue weighted by atomic mass is 10.0. The number of H-pyrrole nitrogens is 1. The first kappa shape index (κ1) is 11.6. The van der Waals surface area contributed by atoms with E-state index in [0.29, 0.717) is 11.6 Å². The van der Waals surface area contributed by atoms with Crippen molar-refractivity contribution in [3.63, 3.8) is 0 Å². The Hall–Kier alpha value is -1.90. The van der Waals surface area contributed by atoms with E-state index in [1.54, 1.807) is 12.4 Å². The summed E-state index contributed by atoms with van der Waals surface area (Å²) in [5.41, 5.74) is 2.46. The predicted octanol–water partition coefficient (Wildman–Crippen LogP) is 2.64. The van der Waals surface area contributed by atoms with Crippen molar-refractivity contribution in [2.75, 3.05) is 0 Å². The smallest absolute Gasteiger partial charge is 0.274 e. The molecule has 0 atom stereocenters. The molecule has 0 saturated heterocycles. The fourth-order valence-corrected chi connectivity index (χ4v) is 1.87. The van der Waals surface area contributed by atoms with Crippen molar-refractivity contribution in [1.82, 2.24) is 9.97 Å². The van der Waals surface area contributed by atoms with Crippen LogP contribution in [0.25, 0.3) is 11.3 Å². The fourth-order valence-electron chi connectivity index (χ4n) is 1.87. The first-order valence-electron chi connectivity index (χ1n) is 5.80. The summed E-state index contributed by atoms with van der Waals surface area (Å²) in [5.74, 6) is 0.604. The molecule has 88 valence electrons. The highest BCUT2D eigenvalue weighted by Gasteiger charge is 2.05. The fraction of sp³-hybridized carbons (Fsp3) is 0.286. The third kappa shape index (κ3) is 2.81. The Morgan fingerprint density at radius 2 is 2.18 bits per heavy atom. The van der Waals surface area contributed by atoms with Crippen LogP contribution in [-0.4, -0.2) is 9.97 Å². The number of hydrogen-bond acceptors (Lipinski definition) is 2. The molecule has 0 aliphatic carbocycles. The quantitative estimate of drug-likeness (QED) is 0.877. The largest absolute Gasteiger partial charge is 0.326 e. The average Bonchev–Trinajstić information content (AvgIpc) is 2.29. The van der Waals surface area contributed by atoms with E-state index in [9.17, 15) is 4.79 Å². The first-order valence-corrected chi connectivity index (χ1v) is 5.80. The molecule has 0 spiro atoms. The van der Waals surface area contributed by atoms with Crippen LogP contribution in [0, 0.1) is 5.92 Å². The Morgan fingerprint density at radius 1 is 1.35 bits per heavy atom. The molecule has 0 saturated carbocycles. The van der Waals surface area contributed by atoms with Gasteiger partial charge in [-0.15, -0.1) is 0 Å². The Labute approximate surface area is 101 Å². The van der Waals surface area contributed by atoms with Crippen LogP contribution in [0.4, 0.5) is 0 Å². The maximum atomic E-state index is 11.6. The van der Waals surface area contributed by atoms with Gasteiger partial charge in [0.2, 0.25) is 0 Å². The minimum absolute atomic E-state index is 0.144. The summed E-state index contributed by atoms with van der Waals surface area (Å²) in [6.07, 6.45) is 4.16. The van der Waals surface area contributed by atoms with E-state index >= 15 is 0 Å². The van der Waals surface area contributed by atoms with Crippen LogP contribution in [0.1, 0.15) is 19.4 Å². The van der Waals surface area contributed by atoms with Gasteiger partial charge in [0.25, 0.3) is 5.56 Å². The molecule has 2 aromatic rings. The van der Waals surface area contributed by atoms with Gasteiger partial charge in [-0.25, -0.2) is 4.98 Å². The second-order valence-electron chi connectivity index (χ2n) is 4.57. The summed E-state index contributed by atoms with van der Waals surface area (Å²) >= 11 is 0. The van der Waals surface area contributed by atoms with Gasteiger partial charge in [0.05, 0.1) is 0 Å². The summed E-state index contributed by atoms with van der Waals surface area (Å²) in [6, 6.07) is 8.01. The van der Waals surface area contributed by atoms with Gasteiger partial charge in [0.15, 0.2) is 0 Å². The zero-order chi connectivity index (χ0) is 12.3. The van der Waals surface area contributed by atoms with E-state index in [4.69, 9.17) is 0 Å². The highest BCUT2D eigenvalue weighted by Crippen LogP contribution is 2.16. The number of aromatic amines is 1. The third-order valence-corrected chi connectivity index (χ3v) is 2.55. The minimum Gasteiger partial charge on any atom is -0.326 e. The summed E-state index contributed by atoms with van der Waals surface area (Å²) in [7, 11) is 0. The van der Waals surface area contributed by atoms with Crippen LogP contribution in [0.2, 0.25) is 0 Å². The number of benzene rings is 1. The average molecular weight is 228 g/mol. The van der Waals surface area contributed by atoms with E-state index in [1.165, 1.54) is 5.56 Å². The van der Waals surface area contributed by atoms with Crippen LogP contribution in [0.15, 0.2) is 41.5 Å². The van der Waals surface area contributed by atoms with Crippen LogP contribution < -0.4 is 5.56 Å². The zero-order valence-corrected chi connectivity index (χ0v) is 10.1. The van der Waals surface area contributed by atoms with Crippen LogP contribution in [-0.2, 0) is 6.42 Å². The molecule has 1 N–H and O–H groups in total. The second kappa shape index (κ2) is 4.95. The number of nitrogens with zero attached hydrogens (tertiary/aromatic N) is 1. The van der Waals surface area contributed by atoms with Gasteiger partial charge in [0, 0.05) is 18.0 Å². The highest BCUT2D eigenvalue weighted by molar-refractivity contribution is 5.58. The van der Waals surface area contributed by atoms with Gasteiger partial charge < -0.3 is 4.98 Å². The molecular formula is C14H16N2O. The van der Waals surface area contributed by atoms with Gasteiger partial charge in [-0.2, -0.15) is 0 Å². The Morgan fingerprint density at radius 3 is 2.88 bits per heavy atom. The van der Waals surface area contributed by atoms with E-state index in [0.717, 1.165) is 12.0 Å². The topological polar surface area (TPSA) is 45.8 Å². The highest BCUT2D eigenvalue weighted by atomic mass is 16.1. The molecule has 3 nitrogen and oxygen atoms in total. The first-order chi connectivity index (χ1) is 8.16. The molecule has 17 heavy (non-hydrogen) atoms. The molecule has 1 heterocycles. The van der Waals surface area contributed by atoms with E-state index in [1.807, 2.05) is 18.2 Å². The molecule has 0 amide bonds. The molecule has 3 heteroatoms. The molecule has 0 bridgehead atoms. The lowest BCUT2D eigenvalue weighted by Gasteiger charge is -2.06. The molecule has 1 aromatic heterocycles. The van der Waals surface area contributed by atoms with E-state index in [2.05, 4.69) is 29.9 Å². The Bertz CT molecular complexity index is 558. The van der Waals surface area contributed by atoms with E-state index in [-0.39, 0.29) is 5.56 Å². The molecule has 0 fully saturated rings. The number of hydrogen-bond donors (Lipinski definition) is 1. The molecule has 1 aromatic carbocycles. The summed E-state index contributed by atoms with van der Waals surface area (Å²) < 4.78 is 0. The SMILES string of the molecule is CC(C)Cc1cccc(-c2ncc[nH]c2=O)c1. The second-order valence-corrected chi connectivity index (χ2v) is 4.57. The number of nitrogens with one attached hydrogen (secondary N) is 1. The number of rotatable bonds is 3. The van der Waals surface area contributed by atoms with Crippen molar-refractivity contribution in [3.8, 4) is 11.3 Å². The summed E-state index contributed by atoms with van der Waals surface area (Å²) in [6.45, 7) is 4.36.